The molecule has 1 aromatic heterocycles. The molecular formula is C46H57N7O11. The molecule has 4 aromatic rings. The number of likely N-dealkylation sites (tertiary alicyclic amines) is 1. The Labute approximate surface area is 371 Å². The highest BCUT2D eigenvalue weighted by atomic mass is 16.6. The second-order valence-corrected chi connectivity index (χ2v) is 15.7. The molecule has 0 bridgehead atoms. The summed E-state index contributed by atoms with van der Waals surface area (Å²) in [5.41, 5.74) is 9.72. The SMILES string of the molecule is NC(=O)c1cccc2cn(-c3ccc(C4CCCN(CCOCCOCCOCCOCCOCCOCCNc5cccc6c5C(=O)N(C5CCC(=O)NC5=O)C6=O)C4)cc3)nc12. The number of imide groups is 2. The predicted octanol–water partition coefficient (Wildman–Crippen LogP) is 2.92. The monoisotopic (exact) mass is 883 g/mol. The zero-order chi connectivity index (χ0) is 44.7. The number of rotatable bonds is 26. The van der Waals surface area contributed by atoms with Crippen molar-refractivity contribution < 1.29 is 52.4 Å². The molecule has 18 heteroatoms. The van der Waals surface area contributed by atoms with Crippen molar-refractivity contribution >= 4 is 46.1 Å². The van der Waals surface area contributed by atoms with Crippen molar-refractivity contribution in [2.45, 2.75) is 37.6 Å². The van der Waals surface area contributed by atoms with Gasteiger partial charge in [0.2, 0.25) is 11.8 Å². The molecule has 2 saturated heterocycles. The van der Waals surface area contributed by atoms with E-state index >= 15 is 0 Å². The maximum atomic E-state index is 13.2. The molecule has 342 valence electrons. The Morgan fingerprint density at radius 2 is 1.39 bits per heavy atom. The summed E-state index contributed by atoms with van der Waals surface area (Å²) < 4.78 is 35.6. The Hall–Kier alpha value is -5.60. The van der Waals surface area contributed by atoms with E-state index in [0.29, 0.717) is 109 Å². The van der Waals surface area contributed by atoms with Gasteiger partial charge in [-0.2, -0.15) is 5.10 Å². The molecule has 3 aliphatic heterocycles. The molecule has 0 radical (unpaired) electrons. The van der Waals surface area contributed by atoms with Crippen molar-refractivity contribution in [3.05, 3.63) is 89.1 Å². The van der Waals surface area contributed by atoms with Gasteiger partial charge in [-0.15, -0.1) is 0 Å². The number of anilines is 1. The topological polar surface area (TPSA) is 215 Å². The lowest BCUT2D eigenvalue weighted by Gasteiger charge is -2.33. The summed E-state index contributed by atoms with van der Waals surface area (Å²) in [7, 11) is 0. The number of piperidine rings is 2. The van der Waals surface area contributed by atoms with Crippen molar-refractivity contribution in [3.8, 4) is 5.69 Å². The highest BCUT2D eigenvalue weighted by Crippen LogP contribution is 2.32. The minimum absolute atomic E-state index is 0.0641. The van der Waals surface area contributed by atoms with Crippen LogP contribution in [0.1, 0.15) is 68.2 Å². The maximum Gasteiger partial charge on any atom is 0.264 e. The van der Waals surface area contributed by atoms with E-state index in [0.717, 1.165) is 48.4 Å². The summed E-state index contributed by atoms with van der Waals surface area (Å²) in [5.74, 6) is -2.20. The lowest BCUT2D eigenvalue weighted by Crippen LogP contribution is -2.54. The fourth-order valence-corrected chi connectivity index (χ4v) is 8.12. The number of carbonyl (C=O) groups excluding carboxylic acids is 5. The van der Waals surface area contributed by atoms with Crippen LogP contribution in [0, 0.1) is 0 Å². The number of hydrogen-bond acceptors (Lipinski definition) is 14. The van der Waals surface area contributed by atoms with Gasteiger partial charge in [0.25, 0.3) is 17.7 Å². The molecule has 0 aliphatic carbocycles. The van der Waals surface area contributed by atoms with E-state index in [-0.39, 0.29) is 24.0 Å². The highest BCUT2D eigenvalue weighted by Gasteiger charge is 2.45. The minimum Gasteiger partial charge on any atom is -0.382 e. The third kappa shape index (κ3) is 12.1. The number of nitrogens with one attached hydrogen (secondary N) is 2. The number of amides is 5. The van der Waals surface area contributed by atoms with Gasteiger partial charge in [0.05, 0.1) is 102 Å². The molecule has 0 saturated carbocycles. The third-order valence-electron chi connectivity index (χ3n) is 11.4. The standard InChI is InChI=1S/C46H57N7O11/c47-43(55)37-7-1-4-34-31-52(50-42(34)37)35-11-9-32(10-12-35)33-5-3-16-51(30-33)17-19-60-21-23-62-25-27-64-29-28-63-26-24-61-22-20-59-18-15-48-38-8-2-6-36-41(38)46(58)53(45(36)57)39-13-14-40(54)49-44(39)56/h1-2,4,6-12,31,33,39,48H,3,5,13-30H2,(H2,47,55)(H,49,54,56). The molecule has 2 atom stereocenters. The van der Waals surface area contributed by atoms with Crippen LogP contribution in [0.2, 0.25) is 0 Å². The van der Waals surface area contributed by atoms with Gasteiger partial charge in [-0.3, -0.25) is 34.2 Å². The number of nitrogens with zero attached hydrogens (tertiary/aromatic N) is 4. The van der Waals surface area contributed by atoms with Gasteiger partial charge in [-0.05, 0) is 67.6 Å². The van der Waals surface area contributed by atoms with Crippen molar-refractivity contribution in [1.82, 2.24) is 24.9 Å². The van der Waals surface area contributed by atoms with Crippen molar-refractivity contribution in [2.24, 2.45) is 5.73 Å². The Bertz CT molecular complexity index is 2230. The number of benzene rings is 3. The van der Waals surface area contributed by atoms with Crippen LogP contribution in [-0.4, -0.2) is 161 Å². The Morgan fingerprint density at radius 1 is 0.750 bits per heavy atom. The summed E-state index contributed by atoms with van der Waals surface area (Å²) in [6.45, 7) is 8.81. The van der Waals surface area contributed by atoms with Crippen LogP contribution in [0.5, 0.6) is 0 Å². The van der Waals surface area contributed by atoms with E-state index in [9.17, 15) is 24.0 Å². The average molecular weight is 884 g/mol. The van der Waals surface area contributed by atoms with E-state index in [1.54, 1.807) is 28.9 Å². The van der Waals surface area contributed by atoms with Crippen LogP contribution in [0.15, 0.2) is 66.9 Å². The predicted molar refractivity (Wildman–Crippen MR) is 235 cm³/mol. The first-order chi connectivity index (χ1) is 31.3. The third-order valence-corrected chi connectivity index (χ3v) is 11.4. The first kappa shape index (κ1) is 46.4. The van der Waals surface area contributed by atoms with Crippen LogP contribution < -0.4 is 16.4 Å². The summed E-state index contributed by atoms with van der Waals surface area (Å²) in [5, 5.41) is 10.8. The molecule has 2 unspecified atom stereocenters. The van der Waals surface area contributed by atoms with E-state index in [1.807, 2.05) is 18.3 Å². The lowest BCUT2D eigenvalue weighted by molar-refractivity contribution is -0.136. The second-order valence-electron chi connectivity index (χ2n) is 15.7. The number of ether oxygens (including phenoxy) is 6. The van der Waals surface area contributed by atoms with Gasteiger partial charge in [0.1, 0.15) is 11.6 Å². The number of nitrogens with two attached hydrogens (primary N) is 1. The minimum atomic E-state index is -1.01. The smallest absolute Gasteiger partial charge is 0.264 e. The van der Waals surface area contributed by atoms with Crippen molar-refractivity contribution in [3.63, 3.8) is 0 Å². The highest BCUT2D eigenvalue weighted by molar-refractivity contribution is 6.25. The second kappa shape index (κ2) is 23.4. The molecule has 64 heavy (non-hydrogen) atoms. The fraction of sp³-hybridized carbons (Fsp3) is 0.478. The van der Waals surface area contributed by atoms with E-state index < -0.39 is 35.6 Å². The zero-order valence-electron chi connectivity index (χ0n) is 36.0. The van der Waals surface area contributed by atoms with Crippen molar-refractivity contribution in [1.29, 1.82) is 0 Å². The van der Waals surface area contributed by atoms with Gasteiger partial charge in [-0.25, -0.2) is 4.68 Å². The number of primary amides is 1. The summed E-state index contributed by atoms with van der Waals surface area (Å²) in [6, 6.07) is 17.9. The van der Waals surface area contributed by atoms with Gasteiger partial charge in [-0.1, -0.05) is 30.3 Å². The van der Waals surface area contributed by atoms with Crippen molar-refractivity contribution in [2.75, 3.05) is 111 Å². The molecule has 0 spiro atoms. The van der Waals surface area contributed by atoms with Crippen LogP contribution in [-0.2, 0) is 38.0 Å². The first-order valence-corrected chi connectivity index (χ1v) is 21.9. The fourth-order valence-electron chi connectivity index (χ4n) is 8.12. The number of fused-ring (bicyclic) bond motifs is 2. The molecule has 3 aromatic carbocycles. The van der Waals surface area contributed by atoms with Crippen LogP contribution in [0.4, 0.5) is 5.69 Å². The van der Waals surface area contributed by atoms with E-state index in [1.165, 1.54) is 5.56 Å². The van der Waals surface area contributed by atoms with Crippen LogP contribution in [0.25, 0.3) is 16.6 Å². The zero-order valence-corrected chi connectivity index (χ0v) is 36.0. The van der Waals surface area contributed by atoms with Gasteiger partial charge >= 0.3 is 0 Å². The van der Waals surface area contributed by atoms with E-state index in [4.69, 9.17) is 34.2 Å². The average Bonchev–Trinajstić information content (AvgIpc) is 3.85. The molecule has 4 heterocycles. The molecule has 5 amide bonds. The first-order valence-electron chi connectivity index (χ1n) is 21.9. The van der Waals surface area contributed by atoms with E-state index in [2.05, 4.69) is 44.9 Å². The normalized spacial score (nSPS) is 17.9. The Morgan fingerprint density at radius 3 is 2.05 bits per heavy atom. The molecule has 2 fully saturated rings. The summed E-state index contributed by atoms with van der Waals surface area (Å²) >= 11 is 0. The molecule has 3 aliphatic rings. The quantitative estimate of drug-likeness (QED) is 0.0611. The molecule has 18 nitrogen and oxygen atoms in total. The summed E-state index contributed by atoms with van der Waals surface area (Å²) in [6.07, 6.45) is 4.37. The Balaban J connectivity index is 0.644. The van der Waals surface area contributed by atoms with Gasteiger partial charge in [0, 0.05) is 43.3 Å². The number of aromatic nitrogens is 2. The largest absolute Gasteiger partial charge is 0.382 e. The van der Waals surface area contributed by atoms with Crippen LogP contribution >= 0.6 is 0 Å². The van der Waals surface area contributed by atoms with Crippen LogP contribution in [0.3, 0.4) is 0 Å². The maximum absolute atomic E-state index is 13.2. The lowest BCUT2D eigenvalue weighted by atomic mass is 9.90. The molecule has 7 rings (SSSR count). The Kier molecular flexibility index (Phi) is 16.9. The van der Waals surface area contributed by atoms with Gasteiger partial charge < -0.3 is 44.4 Å². The summed E-state index contributed by atoms with van der Waals surface area (Å²) in [4.78, 5) is 65.3. The van der Waals surface area contributed by atoms with Gasteiger partial charge in [0.15, 0.2) is 0 Å². The number of carbonyl (C=O) groups is 5. The molecule has 4 N–H and O–H groups in total. The molecular weight excluding hydrogens is 827 g/mol. The number of hydrogen-bond donors (Lipinski definition) is 3.